The highest BCUT2D eigenvalue weighted by atomic mass is 35.5. The van der Waals surface area contributed by atoms with Crippen LogP contribution in [0.2, 0.25) is 5.02 Å². The van der Waals surface area contributed by atoms with E-state index in [4.69, 9.17) is 11.6 Å². The van der Waals surface area contributed by atoms with Crippen LogP contribution in [0.25, 0.3) is 0 Å². The number of hydrogen-bond acceptors (Lipinski definition) is 3. The minimum absolute atomic E-state index is 0.164. The molecule has 0 spiro atoms. The lowest BCUT2D eigenvalue weighted by atomic mass is 9.73. The van der Waals surface area contributed by atoms with E-state index in [1.54, 1.807) is 0 Å². The molecule has 1 N–H and O–H groups in total. The predicted molar refractivity (Wildman–Crippen MR) is 110 cm³/mol. The SMILES string of the molecule is N#Cc1ccccc1CN1CC(Cc2ccc(Cl)cc2)(C(=O)NC2CCC2)C1. The number of carbonyl (C=O) groups is 1. The van der Waals surface area contributed by atoms with Gasteiger partial charge in [-0.3, -0.25) is 9.69 Å². The molecule has 4 nitrogen and oxygen atoms in total. The standard InChI is InChI=1S/C23H24ClN3O/c24-20-10-8-17(9-11-20)12-23(22(28)26-21-6-3-7-21)15-27(16-23)14-19-5-2-1-4-18(19)13-25/h1-2,4-5,8-11,21H,3,6-7,12,14-16H2,(H,26,28). The van der Waals surface area contributed by atoms with Crippen LogP contribution in [0.5, 0.6) is 0 Å². The maximum Gasteiger partial charge on any atom is 0.229 e. The molecule has 0 aromatic heterocycles. The Bertz CT molecular complexity index is 893. The number of likely N-dealkylation sites (tertiary alicyclic amines) is 1. The highest BCUT2D eigenvalue weighted by molar-refractivity contribution is 6.30. The van der Waals surface area contributed by atoms with Crippen LogP contribution in [0.1, 0.15) is 36.0 Å². The number of hydrogen-bond donors (Lipinski definition) is 1. The van der Waals surface area contributed by atoms with E-state index in [1.165, 1.54) is 6.42 Å². The first-order chi connectivity index (χ1) is 13.6. The highest BCUT2D eigenvalue weighted by Crippen LogP contribution is 2.37. The molecule has 2 aromatic rings. The van der Waals surface area contributed by atoms with Crippen molar-refractivity contribution < 1.29 is 4.79 Å². The molecule has 1 aliphatic carbocycles. The van der Waals surface area contributed by atoms with Crippen LogP contribution < -0.4 is 5.32 Å². The number of carbonyl (C=O) groups excluding carboxylic acids is 1. The van der Waals surface area contributed by atoms with Gasteiger partial charge in [-0.1, -0.05) is 41.9 Å². The van der Waals surface area contributed by atoms with Gasteiger partial charge in [0.15, 0.2) is 0 Å². The highest BCUT2D eigenvalue weighted by Gasteiger charge is 2.49. The van der Waals surface area contributed by atoms with Gasteiger partial charge < -0.3 is 5.32 Å². The molecule has 0 unspecified atom stereocenters. The second-order valence-corrected chi connectivity index (χ2v) is 8.54. The minimum atomic E-state index is -0.412. The normalized spacial score (nSPS) is 18.6. The molecule has 0 bridgehead atoms. The number of amides is 1. The van der Waals surface area contributed by atoms with Crippen LogP contribution in [0.15, 0.2) is 48.5 Å². The van der Waals surface area contributed by atoms with Gasteiger partial charge in [-0.15, -0.1) is 0 Å². The zero-order valence-electron chi connectivity index (χ0n) is 15.8. The van der Waals surface area contributed by atoms with Gasteiger partial charge in [0, 0.05) is 30.7 Å². The van der Waals surface area contributed by atoms with Crippen LogP contribution in [0.4, 0.5) is 0 Å². The number of nitrogens with zero attached hydrogens (tertiary/aromatic N) is 2. The van der Waals surface area contributed by atoms with Crippen LogP contribution >= 0.6 is 11.6 Å². The molecule has 4 rings (SSSR count). The lowest BCUT2D eigenvalue weighted by Crippen LogP contribution is -2.65. The molecule has 1 saturated heterocycles. The average Bonchev–Trinajstić information content (AvgIpc) is 2.64. The molecular weight excluding hydrogens is 370 g/mol. The molecule has 1 heterocycles. The summed E-state index contributed by atoms with van der Waals surface area (Å²) in [5.74, 6) is 0.164. The Kier molecular flexibility index (Phi) is 5.39. The van der Waals surface area contributed by atoms with Gasteiger partial charge in [0.2, 0.25) is 5.91 Å². The van der Waals surface area contributed by atoms with Gasteiger partial charge in [-0.25, -0.2) is 0 Å². The van der Waals surface area contributed by atoms with E-state index in [2.05, 4.69) is 16.3 Å². The quantitative estimate of drug-likeness (QED) is 0.809. The van der Waals surface area contributed by atoms with Crippen LogP contribution in [0.3, 0.4) is 0 Å². The van der Waals surface area contributed by atoms with Gasteiger partial charge in [-0.2, -0.15) is 5.26 Å². The lowest BCUT2D eigenvalue weighted by molar-refractivity contribution is -0.143. The van der Waals surface area contributed by atoms with Crippen molar-refractivity contribution in [2.75, 3.05) is 13.1 Å². The van der Waals surface area contributed by atoms with E-state index in [0.717, 1.165) is 24.0 Å². The summed E-state index contributed by atoms with van der Waals surface area (Å²) in [4.78, 5) is 15.4. The van der Waals surface area contributed by atoms with E-state index in [-0.39, 0.29) is 5.91 Å². The Morgan fingerprint density at radius 3 is 2.54 bits per heavy atom. The maximum atomic E-state index is 13.1. The number of benzene rings is 2. The van der Waals surface area contributed by atoms with Gasteiger partial charge >= 0.3 is 0 Å². The first-order valence-electron chi connectivity index (χ1n) is 9.84. The van der Waals surface area contributed by atoms with Gasteiger partial charge in [0.05, 0.1) is 17.0 Å². The zero-order chi connectivity index (χ0) is 19.6. The molecule has 1 saturated carbocycles. The molecule has 28 heavy (non-hydrogen) atoms. The molecular formula is C23H24ClN3O. The Labute approximate surface area is 171 Å². The largest absolute Gasteiger partial charge is 0.353 e. The molecule has 0 radical (unpaired) electrons. The number of halogens is 1. The monoisotopic (exact) mass is 393 g/mol. The molecule has 0 atom stereocenters. The summed E-state index contributed by atoms with van der Waals surface area (Å²) in [6, 6.07) is 18.1. The fraction of sp³-hybridized carbons (Fsp3) is 0.391. The summed E-state index contributed by atoms with van der Waals surface area (Å²) in [7, 11) is 0. The Balaban J connectivity index is 1.48. The first kappa shape index (κ1) is 19.0. The number of nitriles is 1. The van der Waals surface area contributed by atoms with E-state index >= 15 is 0 Å². The summed E-state index contributed by atoms with van der Waals surface area (Å²) in [5.41, 5.74) is 2.44. The number of nitrogens with one attached hydrogen (secondary N) is 1. The molecule has 1 aliphatic heterocycles. The smallest absolute Gasteiger partial charge is 0.229 e. The van der Waals surface area contributed by atoms with E-state index in [1.807, 2.05) is 48.5 Å². The molecule has 5 heteroatoms. The van der Waals surface area contributed by atoms with Crippen molar-refractivity contribution in [3.63, 3.8) is 0 Å². The third-order valence-electron chi connectivity index (χ3n) is 5.96. The third kappa shape index (κ3) is 3.92. The van der Waals surface area contributed by atoms with Crippen molar-refractivity contribution in [1.29, 1.82) is 5.26 Å². The van der Waals surface area contributed by atoms with E-state index in [9.17, 15) is 10.1 Å². The molecule has 1 amide bonds. The fourth-order valence-electron chi connectivity index (χ4n) is 4.15. The molecule has 144 valence electrons. The summed E-state index contributed by atoms with van der Waals surface area (Å²) in [5, 5.41) is 13.3. The van der Waals surface area contributed by atoms with Crippen molar-refractivity contribution in [1.82, 2.24) is 10.2 Å². The fourth-order valence-corrected chi connectivity index (χ4v) is 4.28. The second kappa shape index (κ2) is 7.95. The summed E-state index contributed by atoms with van der Waals surface area (Å²) < 4.78 is 0. The predicted octanol–water partition coefficient (Wildman–Crippen LogP) is 3.93. The first-order valence-corrected chi connectivity index (χ1v) is 10.2. The van der Waals surface area contributed by atoms with Crippen LogP contribution in [-0.4, -0.2) is 29.9 Å². The summed E-state index contributed by atoms with van der Waals surface area (Å²) >= 11 is 6.02. The molecule has 2 aromatic carbocycles. The van der Waals surface area contributed by atoms with Gasteiger partial charge in [0.25, 0.3) is 0 Å². The minimum Gasteiger partial charge on any atom is -0.353 e. The van der Waals surface area contributed by atoms with Gasteiger partial charge in [0.1, 0.15) is 0 Å². The van der Waals surface area contributed by atoms with Crippen LogP contribution in [0, 0.1) is 16.7 Å². The van der Waals surface area contributed by atoms with Crippen LogP contribution in [-0.2, 0) is 17.8 Å². The van der Waals surface area contributed by atoms with Crippen molar-refractivity contribution in [3.8, 4) is 6.07 Å². The zero-order valence-corrected chi connectivity index (χ0v) is 16.6. The maximum absolute atomic E-state index is 13.1. The summed E-state index contributed by atoms with van der Waals surface area (Å²) in [6.45, 7) is 2.10. The Morgan fingerprint density at radius 2 is 1.89 bits per heavy atom. The topological polar surface area (TPSA) is 56.1 Å². The average molecular weight is 394 g/mol. The van der Waals surface area contributed by atoms with E-state index in [0.29, 0.717) is 42.7 Å². The van der Waals surface area contributed by atoms with Crippen molar-refractivity contribution >= 4 is 17.5 Å². The van der Waals surface area contributed by atoms with Gasteiger partial charge in [-0.05, 0) is 55.0 Å². The van der Waals surface area contributed by atoms with Crippen molar-refractivity contribution in [3.05, 3.63) is 70.2 Å². The third-order valence-corrected chi connectivity index (χ3v) is 6.21. The molecule has 2 aliphatic rings. The van der Waals surface area contributed by atoms with E-state index < -0.39 is 5.41 Å². The number of rotatable bonds is 6. The van der Waals surface area contributed by atoms with Crippen molar-refractivity contribution in [2.45, 2.75) is 38.3 Å². The lowest BCUT2D eigenvalue weighted by Gasteiger charge is -2.50. The van der Waals surface area contributed by atoms with Crippen molar-refractivity contribution in [2.24, 2.45) is 5.41 Å². The second-order valence-electron chi connectivity index (χ2n) is 8.10. The Morgan fingerprint density at radius 1 is 1.18 bits per heavy atom. The Hall–Kier alpha value is -2.35. The molecule has 2 fully saturated rings. The summed E-state index contributed by atoms with van der Waals surface area (Å²) in [6.07, 6.45) is 4.08.